The first-order valence-corrected chi connectivity index (χ1v) is 7.45. The van der Waals surface area contributed by atoms with Crippen LogP contribution in [0.3, 0.4) is 0 Å². The highest BCUT2D eigenvalue weighted by Gasteiger charge is 2.17. The topological polar surface area (TPSA) is 38.3 Å². The zero-order valence-electron chi connectivity index (χ0n) is 12.5. The van der Waals surface area contributed by atoms with Gasteiger partial charge >= 0.3 is 5.97 Å². The van der Waals surface area contributed by atoms with Gasteiger partial charge in [-0.1, -0.05) is 0 Å². The highest BCUT2D eigenvalue weighted by atomic mass is 32.1. The van der Waals surface area contributed by atoms with E-state index in [9.17, 15) is 9.18 Å². The number of anilines is 1. The molecule has 2 aromatic rings. The molecule has 1 heterocycles. The van der Waals surface area contributed by atoms with Gasteiger partial charge in [0.05, 0.1) is 18.4 Å². The Bertz CT molecular complexity index is 666. The summed E-state index contributed by atoms with van der Waals surface area (Å²) in [7, 11) is 1.31. The molecule has 0 radical (unpaired) electrons. The van der Waals surface area contributed by atoms with Crippen LogP contribution in [0, 0.1) is 19.7 Å². The maximum Gasteiger partial charge on any atom is 0.339 e. The third-order valence-corrected chi connectivity index (χ3v) is 4.29. The SMILES string of the molecule is COC(=O)c1ccc(F)cc1NC(C)c1cc(C)sc1C. The van der Waals surface area contributed by atoms with Crippen LogP contribution in [0.5, 0.6) is 0 Å². The van der Waals surface area contributed by atoms with Gasteiger partial charge in [0.2, 0.25) is 0 Å². The van der Waals surface area contributed by atoms with E-state index in [1.165, 1.54) is 35.1 Å². The van der Waals surface area contributed by atoms with Gasteiger partial charge in [0.25, 0.3) is 0 Å². The molecular weight excluding hydrogens is 289 g/mol. The first-order valence-electron chi connectivity index (χ1n) is 6.63. The number of thiophene rings is 1. The van der Waals surface area contributed by atoms with Crippen LogP contribution in [-0.2, 0) is 4.74 Å². The van der Waals surface area contributed by atoms with E-state index in [-0.39, 0.29) is 6.04 Å². The van der Waals surface area contributed by atoms with Gasteiger partial charge in [-0.05, 0) is 50.6 Å². The quantitative estimate of drug-likeness (QED) is 0.847. The molecule has 0 aliphatic heterocycles. The molecule has 0 aliphatic carbocycles. The molecule has 0 fully saturated rings. The maximum atomic E-state index is 13.5. The molecule has 1 unspecified atom stereocenters. The number of rotatable bonds is 4. The van der Waals surface area contributed by atoms with Crippen LogP contribution in [0.1, 0.15) is 38.6 Å². The van der Waals surface area contributed by atoms with Crippen LogP contribution >= 0.6 is 11.3 Å². The summed E-state index contributed by atoms with van der Waals surface area (Å²) in [4.78, 5) is 14.2. The molecule has 1 N–H and O–H groups in total. The van der Waals surface area contributed by atoms with Crippen LogP contribution in [-0.4, -0.2) is 13.1 Å². The standard InChI is InChI=1S/C16H18FNO2S/c1-9-7-14(11(3)21-9)10(2)18-15-8-12(17)5-6-13(15)16(19)20-4/h5-8,10,18H,1-4H3. The molecule has 21 heavy (non-hydrogen) atoms. The van der Waals surface area contributed by atoms with Gasteiger partial charge in [0, 0.05) is 15.8 Å². The normalized spacial score (nSPS) is 12.0. The van der Waals surface area contributed by atoms with Gasteiger partial charge in [-0.3, -0.25) is 0 Å². The van der Waals surface area contributed by atoms with Crippen LogP contribution in [0.15, 0.2) is 24.3 Å². The largest absolute Gasteiger partial charge is 0.465 e. The lowest BCUT2D eigenvalue weighted by Gasteiger charge is -2.17. The van der Waals surface area contributed by atoms with E-state index < -0.39 is 11.8 Å². The van der Waals surface area contributed by atoms with Crippen molar-refractivity contribution in [2.75, 3.05) is 12.4 Å². The molecule has 1 aromatic heterocycles. The van der Waals surface area contributed by atoms with Gasteiger partial charge in [0.1, 0.15) is 5.82 Å². The molecule has 2 rings (SSSR count). The molecule has 5 heteroatoms. The third-order valence-electron chi connectivity index (χ3n) is 3.30. The molecule has 0 aliphatic rings. The Morgan fingerprint density at radius 3 is 2.62 bits per heavy atom. The summed E-state index contributed by atoms with van der Waals surface area (Å²) in [6, 6.07) is 6.08. The van der Waals surface area contributed by atoms with E-state index in [2.05, 4.69) is 25.2 Å². The Hall–Kier alpha value is -1.88. The number of hydrogen-bond acceptors (Lipinski definition) is 4. The highest BCUT2D eigenvalue weighted by Crippen LogP contribution is 2.30. The monoisotopic (exact) mass is 307 g/mol. The number of carbonyl (C=O) groups is 1. The van der Waals surface area contributed by atoms with Crippen LogP contribution < -0.4 is 5.32 Å². The average Bonchev–Trinajstić information content (AvgIpc) is 2.77. The van der Waals surface area contributed by atoms with Crippen LogP contribution in [0.4, 0.5) is 10.1 Å². The number of halogens is 1. The number of ether oxygens (including phenoxy) is 1. The lowest BCUT2D eigenvalue weighted by atomic mass is 10.1. The summed E-state index contributed by atoms with van der Waals surface area (Å²) in [5.74, 6) is -0.876. The summed E-state index contributed by atoms with van der Waals surface area (Å²) in [6.45, 7) is 6.09. The lowest BCUT2D eigenvalue weighted by molar-refractivity contribution is 0.0601. The second kappa shape index (κ2) is 6.26. The average molecular weight is 307 g/mol. The number of nitrogens with one attached hydrogen (secondary N) is 1. The van der Waals surface area contributed by atoms with Crippen molar-refractivity contribution in [2.24, 2.45) is 0 Å². The van der Waals surface area contributed by atoms with Crippen molar-refractivity contribution >= 4 is 23.0 Å². The lowest BCUT2D eigenvalue weighted by Crippen LogP contribution is -2.12. The number of aryl methyl sites for hydroxylation is 2. The summed E-state index contributed by atoms with van der Waals surface area (Å²) in [6.07, 6.45) is 0. The van der Waals surface area contributed by atoms with E-state index in [1.807, 2.05) is 6.92 Å². The Labute approximate surface area is 127 Å². The Balaban J connectivity index is 2.32. The maximum absolute atomic E-state index is 13.5. The van der Waals surface area contributed by atoms with Gasteiger partial charge in [-0.2, -0.15) is 0 Å². The molecule has 112 valence electrons. The second-order valence-corrected chi connectivity index (χ2v) is 6.38. The van der Waals surface area contributed by atoms with Crippen molar-refractivity contribution in [2.45, 2.75) is 26.8 Å². The van der Waals surface area contributed by atoms with Gasteiger partial charge in [-0.15, -0.1) is 11.3 Å². The van der Waals surface area contributed by atoms with Crippen molar-refractivity contribution in [3.63, 3.8) is 0 Å². The van der Waals surface area contributed by atoms with Crippen molar-refractivity contribution < 1.29 is 13.9 Å². The van der Waals surface area contributed by atoms with E-state index in [0.717, 1.165) is 5.56 Å². The Kier molecular flexibility index (Phi) is 4.63. The minimum absolute atomic E-state index is 0.0276. The fourth-order valence-corrected chi connectivity index (χ4v) is 3.34. The van der Waals surface area contributed by atoms with Gasteiger partial charge in [-0.25, -0.2) is 9.18 Å². The summed E-state index contributed by atoms with van der Waals surface area (Å²) in [5.41, 5.74) is 1.92. The van der Waals surface area contributed by atoms with Crippen molar-refractivity contribution in [1.29, 1.82) is 0 Å². The summed E-state index contributed by atoms with van der Waals surface area (Å²) < 4.78 is 18.2. The zero-order valence-corrected chi connectivity index (χ0v) is 13.3. The molecule has 1 atom stereocenters. The van der Waals surface area contributed by atoms with Crippen LogP contribution in [0.25, 0.3) is 0 Å². The highest BCUT2D eigenvalue weighted by molar-refractivity contribution is 7.12. The molecule has 0 spiro atoms. The Morgan fingerprint density at radius 2 is 2.05 bits per heavy atom. The van der Waals surface area contributed by atoms with E-state index >= 15 is 0 Å². The second-order valence-electron chi connectivity index (χ2n) is 4.92. The zero-order chi connectivity index (χ0) is 15.6. The van der Waals surface area contributed by atoms with Crippen molar-refractivity contribution in [3.8, 4) is 0 Å². The van der Waals surface area contributed by atoms with E-state index in [4.69, 9.17) is 4.74 Å². The molecule has 0 saturated heterocycles. The smallest absolute Gasteiger partial charge is 0.339 e. The predicted octanol–water partition coefficient (Wildman–Crippen LogP) is 4.46. The minimum Gasteiger partial charge on any atom is -0.465 e. The van der Waals surface area contributed by atoms with Crippen molar-refractivity contribution in [1.82, 2.24) is 0 Å². The predicted molar refractivity (Wildman–Crippen MR) is 83.6 cm³/mol. The number of hydrogen-bond donors (Lipinski definition) is 1. The Morgan fingerprint density at radius 1 is 1.33 bits per heavy atom. The molecular formula is C16H18FNO2S. The third kappa shape index (κ3) is 3.42. The molecule has 3 nitrogen and oxygen atoms in total. The van der Waals surface area contributed by atoms with Gasteiger partial charge < -0.3 is 10.1 Å². The first kappa shape index (κ1) is 15.5. The molecule has 0 saturated carbocycles. The van der Waals surface area contributed by atoms with Gasteiger partial charge in [0.15, 0.2) is 0 Å². The van der Waals surface area contributed by atoms with E-state index in [0.29, 0.717) is 11.3 Å². The molecule has 0 bridgehead atoms. The molecule has 1 aromatic carbocycles. The fourth-order valence-electron chi connectivity index (χ4n) is 2.32. The minimum atomic E-state index is -0.483. The van der Waals surface area contributed by atoms with Crippen LogP contribution in [0.2, 0.25) is 0 Å². The molecule has 0 amide bonds. The van der Waals surface area contributed by atoms with E-state index in [1.54, 1.807) is 11.3 Å². The summed E-state index contributed by atoms with van der Waals surface area (Å²) in [5, 5.41) is 3.20. The number of carbonyl (C=O) groups excluding carboxylic acids is 1. The fraction of sp³-hybridized carbons (Fsp3) is 0.312. The summed E-state index contributed by atoms with van der Waals surface area (Å²) >= 11 is 1.72. The number of esters is 1. The first-order chi connectivity index (χ1) is 9.92. The number of benzene rings is 1. The number of methoxy groups -OCH3 is 1. The van der Waals surface area contributed by atoms with Crippen molar-refractivity contribution in [3.05, 3.63) is 51.0 Å².